The van der Waals surface area contributed by atoms with Gasteiger partial charge >= 0.3 is 5.97 Å². The molecule has 144 valence electrons. The van der Waals surface area contributed by atoms with E-state index in [-0.39, 0.29) is 5.97 Å². The fourth-order valence-electron chi connectivity index (χ4n) is 3.29. The van der Waals surface area contributed by atoms with Gasteiger partial charge in [-0.05, 0) is 77.3 Å². The van der Waals surface area contributed by atoms with Crippen LogP contribution in [0.5, 0.6) is 0 Å². The van der Waals surface area contributed by atoms with Gasteiger partial charge in [0.15, 0.2) is 0 Å². The highest BCUT2D eigenvalue weighted by Crippen LogP contribution is 2.32. The molecule has 0 radical (unpaired) electrons. The Hall–Kier alpha value is -1.81. The lowest BCUT2D eigenvalue weighted by Crippen LogP contribution is -2.39. The number of aryl methyl sites for hydroxylation is 1. The number of furan rings is 1. The van der Waals surface area contributed by atoms with Crippen molar-refractivity contribution in [3.63, 3.8) is 0 Å². The number of carbonyl (C=O) groups excluding carboxylic acids is 1. The minimum absolute atomic E-state index is 0.200. The summed E-state index contributed by atoms with van der Waals surface area (Å²) >= 11 is 0. The van der Waals surface area contributed by atoms with E-state index in [2.05, 4.69) is 26.0 Å². The van der Waals surface area contributed by atoms with Crippen LogP contribution in [0, 0.1) is 0 Å². The van der Waals surface area contributed by atoms with E-state index >= 15 is 0 Å². The quantitative estimate of drug-likeness (QED) is 0.464. The first-order valence-corrected chi connectivity index (χ1v) is 9.61. The molecule has 2 atom stereocenters. The van der Waals surface area contributed by atoms with E-state index in [0.717, 1.165) is 32.1 Å². The van der Waals surface area contributed by atoms with Crippen molar-refractivity contribution in [3.05, 3.63) is 47.5 Å². The van der Waals surface area contributed by atoms with Crippen LogP contribution in [0.15, 0.2) is 46.3 Å². The molecule has 1 saturated heterocycles. The van der Waals surface area contributed by atoms with Crippen molar-refractivity contribution in [1.29, 1.82) is 0 Å². The van der Waals surface area contributed by atoms with Gasteiger partial charge in [-0.3, -0.25) is 4.79 Å². The molecular weight excluding hydrogens is 328 g/mol. The van der Waals surface area contributed by atoms with Crippen LogP contribution in [-0.4, -0.2) is 22.8 Å². The van der Waals surface area contributed by atoms with Crippen LogP contribution in [0.1, 0.15) is 71.3 Å². The highest BCUT2D eigenvalue weighted by molar-refractivity contribution is 5.72. The first kappa shape index (κ1) is 20.5. The molecule has 1 aliphatic rings. The Labute approximate surface area is 156 Å². The maximum atomic E-state index is 11.3. The lowest BCUT2D eigenvalue weighted by Gasteiger charge is -2.28. The predicted molar refractivity (Wildman–Crippen MR) is 103 cm³/mol. The summed E-state index contributed by atoms with van der Waals surface area (Å²) in [4.78, 5) is 11.3. The Morgan fingerprint density at radius 3 is 2.65 bits per heavy atom. The van der Waals surface area contributed by atoms with E-state index < -0.39 is 11.7 Å². The molecule has 0 bridgehead atoms. The van der Waals surface area contributed by atoms with Crippen molar-refractivity contribution >= 4 is 5.97 Å². The molecule has 1 fully saturated rings. The second-order valence-electron chi connectivity index (χ2n) is 7.65. The molecule has 2 rings (SSSR count). The summed E-state index contributed by atoms with van der Waals surface area (Å²) in [6.07, 6.45) is 14.1. The number of allylic oxidation sites excluding steroid dienone is 4. The van der Waals surface area contributed by atoms with Crippen LogP contribution >= 0.6 is 0 Å². The smallest absolute Gasteiger partial charge is 0.306 e. The van der Waals surface area contributed by atoms with Crippen LogP contribution in [0.3, 0.4) is 0 Å². The number of cyclic esters (lactones) is 1. The van der Waals surface area contributed by atoms with Crippen LogP contribution in [-0.2, 0) is 16.0 Å². The normalized spacial score (nSPS) is 22.5. The molecule has 1 aliphatic heterocycles. The van der Waals surface area contributed by atoms with Gasteiger partial charge in [0, 0.05) is 6.42 Å². The van der Waals surface area contributed by atoms with Crippen molar-refractivity contribution in [2.75, 3.05) is 0 Å². The van der Waals surface area contributed by atoms with Crippen molar-refractivity contribution in [2.24, 2.45) is 0 Å². The summed E-state index contributed by atoms with van der Waals surface area (Å²) in [7, 11) is 0. The van der Waals surface area contributed by atoms with Crippen LogP contribution in [0.4, 0.5) is 0 Å². The van der Waals surface area contributed by atoms with E-state index in [1.165, 1.54) is 16.7 Å². The number of esters is 1. The average Bonchev–Trinajstić information content (AvgIpc) is 3.23. The van der Waals surface area contributed by atoms with Gasteiger partial charge in [-0.1, -0.05) is 23.3 Å². The zero-order chi connectivity index (χ0) is 19.0. The van der Waals surface area contributed by atoms with Gasteiger partial charge in [0.05, 0.1) is 18.6 Å². The molecule has 0 saturated carbocycles. The largest absolute Gasteiger partial charge is 0.472 e. The van der Waals surface area contributed by atoms with E-state index in [1.54, 1.807) is 12.5 Å². The molecule has 4 nitrogen and oxygen atoms in total. The second-order valence-corrected chi connectivity index (χ2v) is 7.65. The van der Waals surface area contributed by atoms with Gasteiger partial charge in [0.25, 0.3) is 0 Å². The van der Waals surface area contributed by atoms with Gasteiger partial charge in [0.1, 0.15) is 5.60 Å². The predicted octanol–water partition coefficient (Wildman–Crippen LogP) is 5.12. The molecule has 1 aromatic rings. The maximum Gasteiger partial charge on any atom is 0.306 e. The van der Waals surface area contributed by atoms with Crippen molar-refractivity contribution in [1.82, 2.24) is 0 Å². The zero-order valence-corrected chi connectivity index (χ0v) is 16.3. The number of aliphatic hydroxyl groups is 1. The molecular formula is C22H32O4. The molecule has 2 heterocycles. The van der Waals surface area contributed by atoms with Crippen LogP contribution < -0.4 is 0 Å². The highest BCUT2D eigenvalue weighted by atomic mass is 16.6. The van der Waals surface area contributed by atoms with E-state index in [0.29, 0.717) is 19.3 Å². The summed E-state index contributed by atoms with van der Waals surface area (Å²) in [5, 5.41) is 10.3. The van der Waals surface area contributed by atoms with Gasteiger partial charge in [0.2, 0.25) is 0 Å². The number of ether oxygens (including phenoxy) is 1. The summed E-state index contributed by atoms with van der Waals surface area (Å²) in [6.45, 7) is 6.12. The summed E-state index contributed by atoms with van der Waals surface area (Å²) in [6, 6.07) is 2.01. The number of carbonyl (C=O) groups is 1. The topological polar surface area (TPSA) is 59.7 Å². The van der Waals surface area contributed by atoms with Gasteiger partial charge in [-0.2, -0.15) is 0 Å². The third kappa shape index (κ3) is 6.49. The fourth-order valence-corrected chi connectivity index (χ4v) is 3.29. The van der Waals surface area contributed by atoms with Crippen molar-refractivity contribution in [3.8, 4) is 0 Å². The molecule has 1 aromatic heterocycles. The first-order chi connectivity index (χ1) is 12.4. The summed E-state index contributed by atoms with van der Waals surface area (Å²) in [5.41, 5.74) is 3.22. The second kappa shape index (κ2) is 9.77. The molecule has 1 N–H and O–H groups in total. The van der Waals surface area contributed by atoms with Gasteiger partial charge < -0.3 is 14.3 Å². The Bertz CT molecular complexity index is 627. The van der Waals surface area contributed by atoms with E-state index in [9.17, 15) is 9.90 Å². The lowest BCUT2D eigenvalue weighted by molar-refractivity contribution is -0.156. The number of rotatable bonds is 10. The molecule has 0 aliphatic carbocycles. The Morgan fingerprint density at radius 1 is 1.27 bits per heavy atom. The third-order valence-corrected chi connectivity index (χ3v) is 5.23. The van der Waals surface area contributed by atoms with Crippen molar-refractivity contribution in [2.45, 2.75) is 83.8 Å². The molecule has 0 amide bonds. The zero-order valence-electron chi connectivity index (χ0n) is 16.3. The molecule has 4 heteroatoms. The molecule has 0 spiro atoms. The summed E-state index contributed by atoms with van der Waals surface area (Å²) in [5.74, 6) is -0.200. The SMILES string of the molecule is CC(=CCCc1ccoc1)CCC=C(C)CCC(O)C1(C)CCC(=O)O1. The van der Waals surface area contributed by atoms with Crippen molar-refractivity contribution < 1.29 is 19.1 Å². The maximum absolute atomic E-state index is 11.3. The molecule has 2 unspecified atom stereocenters. The highest BCUT2D eigenvalue weighted by Gasteiger charge is 2.41. The molecule has 0 aromatic carbocycles. The first-order valence-electron chi connectivity index (χ1n) is 9.61. The monoisotopic (exact) mass is 360 g/mol. The number of aliphatic hydroxyl groups excluding tert-OH is 1. The summed E-state index contributed by atoms with van der Waals surface area (Å²) < 4.78 is 10.4. The minimum Gasteiger partial charge on any atom is -0.472 e. The fraction of sp³-hybridized carbons (Fsp3) is 0.591. The van der Waals surface area contributed by atoms with Gasteiger partial charge in [-0.25, -0.2) is 0 Å². The third-order valence-electron chi connectivity index (χ3n) is 5.23. The van der Waals surface area contributed by atoms with Gasteiger partial charge in [-0.15, -0.1) is 0 Å². The minimum atomic E-state index is -0.703. The Balaban J connectivity index is 1.65. The average molecular weight is 360 g/mol. The number of hydrogen-bond donors (Lipinski definition) is 1. The van der Waals surface area contributed by atoms with E-state index in [4.69, 9.17) is 9.15 Å². The lowest BCUT2D eigenvalue weighted by atomic mass is 9.91. The number of hydrogen-bond acceptors (Lipinski definition) is 4. The molecule has 26 heavy (non-hydrogen) atoms. The van der Waals surface area contributed by atoms with Crippen LogP contribution in [0.2, 0.25) is 0 Å². The standard InChI is InChI=1S/C22H32O4/c1-17(8-5-9-19-13-15-25-16-19)6-4-7-18(2)10-11-20(23)22(3)14-12-21(24)26-22/h7-8,13,15-16,20,23H,4-6,9-12,14H2,1-3H3. The van der Waals surface area contributed by atoms with Crippen LogP contribution in [0.25, 0.3) is 0 Å². The van der Waals surface area contributed by atoms with E-state index in [1.807, 2.05) is 13.0 Å². The Kier molecular flexibility index (Phi) is 7.70. The Morgan fingerprint density at radius 2 is 2.00 bits per heavy atom.